The zero-order chi connectivity index (χ0) is 14.8. The van der Waals surface area contributed by atoms with Crippen LogP contribution < -0.4 is 5.32 Å². The molecule has 1 aliphatic rings. The van der Waals surface area contributed by atoms with Gasteiger partial charge in [0.05, 0.1) is 17.3 Å². The first kappa shape index (κ1) is 15.9. The van der Waals surface area contributed by atoms with E-state index in [9.17, 15) is 13.2 Å². The predicted octanol–water partition coefficient (Wildman–Crippen LogP) is 2.62. The van der Waals surface area contributed by atoms with Crippen molar-refractivity contribution in [1.82, 2.24) is 0 Å². The second-order valence-electron chi connectivity index (χ2n) is 4.84. The van der Waals surface area contributed by atoms with Crippen molar-refractivity contribution < 1.29 is 13.2 Å². The highest BCUT2D eigenvalue weighted by Gasteiger charge is 2.28. The first-order valence-electron chi connectivity index (χ1n) is 6.24. The number of amides is 1. The Balaban J connectivity index is 1.84. The first-order valence-corrected chi connectivity index (χ1v) is 9.90. The third-order valence-electron chi connectivity index (χ3n) is 3.10. The lowest BCUT2D eigenvalue weighted by Crippen LogP contribution is -2.17. The van der Waals surface area contributed by atoms with Crippen LogP contribution >= 0.6 is 27.7 Å². The summed E-state index contributed by atoms with van der Waals surface area (Å²) in [7, 11) is -2.87. The lowest BCUT2D eigenvalue weighted by Gasteiger charge is -2.10. The van der Waals surface area contributed by atoms with Crippen LogP contribution in [0, 0.1) is 6.92 Å². The van der Waals surface area contributed by atoms with Gasteiger partial charge in [-0.3, -0.25) is 4.79 Å². The molecule has 0 saturated carbocycles. The lowest BCUT2D eigenvalue weighted by molar-refractivity contribution is -0.113. The standard InChI is InChI=1S/C13H16BrNO3S2/c1-9-6-10(14)2-3-12(9)15-13(16)7-19-11-4-5-20(17,18)8-11/h2-3,6,11H,4-5,7-8H2,1H3,(H,15,16). The number of benzene rings is 1. The van der Waals surface area contributed by atoms with Gasteiger partial charge in [0.15, 0.2) is 9.84 Å². The molecule has 1 amide bonds. The number of sulfone groups is 1. The third-order valence-corrected chi connectivity index (χ3v) is 6.88. The van der Waals surface area contributed by atoms with Crippen LogP contribution in [0.2, 0.25) is 0 Å². The van der Waals surface area contributed by atoms with Crippen molar-refractivity contribution >= 4 is 49.1 Å². The molecule has 0 aliphatic carbocycles. The minimum atomic E-state index is -2.87. The topological polar surface area (TPSA) is 63.2 Å². The zero-order valence-electron chi connectivity index (χ0n) is 11.1. The number of thioether (sulfide) groups is 1. The van der Waals surface area contributed by atoms with E-state index >= 15 is 0 Å². The summed E-state index contributed by atoms with van der Waals surface area (Å²) >= 11 is 4.80. The van der Waals surface area contributed by atoms with Crippen LogP contribution in [0.5, 0.6) is 0 Å². The molecule has 1 aromatic carbocycles. The Morgan fingerprint density at radius 1 is 1.50 bits per heavy atom. The quantitative estimate of drug-likeness (QED) is 0.875. The van der Waals surface area contributed by atoms with E-state index in [1.807, 2.05) is 25.1 Å². The molecule has 0 aromatic heterocycles. The molecular formula is C13H16BrNO3S2. The molecule has 20 heavy (non-hydrogen) atoms. The van der Waals surface area contributed by atoms with Gasteiger partial charge in [0, 0.05) is 15.4 Å². The molecule has 1 atom stereocenters. The summed E-state index contributed by atoms with van der Waals surface area (Å²) in [6.45, 7) is 1.93. The first-order chi connectivity index (χ1) is 9.35. The van der Waals surface area contributed by atoms with Crippen LogP contribution in [0.1, 0.15) is 12.0 Å². The van der Waals surface area contributed by atoms with E-state index in [1.165, 1.54) is 11.8 Å². The largest absolute Gasteiger partial charge is 0.325 e. The van der Waals surface area contributed by atoms with E-state index < -0.39 is 9.84 Å². The van der Waals surface area contributed by atoms with Gasteiger partial charge in [0.25, 0.3) is 0 Å². The highest BCUT2D eigenvalue weighted by atomic mass is 79.9. The lowest BCUT2D eigenvalue weighted by atomic mass is 10.2. The van der Waals surface area contributed by atoms with Crippen LogP contribution in [0.15, 0.2) is 22.7 Å². The Bertz CT molecular complexity index is 616. The maximum absolute atomic E-state index is 11.9. The van der Waals surface area contributed by atoms with E-state index in [0.717, 1.165) is 15.7 Å². The number of nitrogens with one attached hydrogen (secondary N) is 1. The molecule has 0 spiro atoms. The number of hydrogen-bond donors (Lipinski definition) is 1. The van der Waals surface area contributed by atoms with E-state index in [4.69, 9.17) is 0 Å². The van der Waals surface area contributed by atoms with Gasteiger partial charge in [0.1, 0.15) is 0 Å². The molecule has 1 saturated heterocycles. The van der Waals surface area contributed by atoms with Crippen molar-refractivity contribution in [2.75, 3.05) is 22.6 Å². The highest BCUT2D eigenvalue weighted by Crippen LogP contribution is 2.25. The summed E-state index contributed by atoms with van der Waals surface area (Å²) in [6, 6.07) is 5.66. The average Bonchev–Trinajstić information content (AvgIpc) is 2.70. The van der Waals surface area contributed by atoms with Crippen molar-refractivity contribution in [2.24, 2.45) is 0 Å². The van der Waals surface area contributed by atoms with Crippen LogP contribution in [-0.2, 0) is 14.6 Å². The summed E-state index contributed by atoms with van der Waals surface area (Å²) in [5, 5.41) is 2.90. The molecule has 2 rings (SSSR count). The predicted molar refractivity (Wildman–Crippen MR) is 87.0 cm³/mol. The molecular weight excluding hydrogens is 362 g/mol. The number of carbonyl (C=O) groups is 1. The maximum atomic E-state index is 11.9. The monoisotopic (exact) mass is 377 g/mol. The SMILES string of the molecule is Cc1cc(Br)ccc1NC(=O)CSC1CCS(=O)(=O)C1. The molecule has 1 fully saturated rings. The Kier molecular flexibility index (Phi) is 5.14. The third kappa shape index (κ3) is 4.49. The van der Waals surface area contributed by atoms with Gasteiger partial charge >= 0.3 is 0 Å². The average molecular weight is 378 g/mol. The molecule has 4 nitrogen and oxygen atoms in total. The molecule has 1 N–H and O–H groups in total. The smallest absolute Gasteiger partial charge is 0.234 e. The molecule has 1 aromatic rings. The minimum Gasteiger partial charge on any atom is -0.325 e. The van der Waals surface area contributed by atoms with E-state index in [1.54, 1.807) is 0 Å². The van der Waals surface area contributed by atoms with Gasteiger partial charge < -0.3 is 5.32 Å². The van der Waals surface area contributed by atoms with Crippen molar-refractivity contribution in [2.45, 2.75) is 18.6 Å². The normalized spacial score (nSPS) is 20.8. The van der Waals surface area contributed by atoms with Gasteiger partial charge in [-0.1, -0.05) is 15.9 Å². The van der Waals surface area contributed by atoms with Crippen molar-refractivity contribution in [3.63, 3.8) is 0 Å². The Hall–Kier alpha value is -0.530. The fraction of sp³-hybridized carbons (Fsp3) is 0.462. The van der Waals surface area contributed by atoms with E-state index in [-0.39, 0.29) is 28.4 Å². The van der Waals surface area contributed by atoms with E-state index in [0.29, 0.717) is 6.42 Å². The van der Waals surface area contributed by atoms with Crippen LogP contribution in [0.4, 0.5) is 5.69 Å². The summed E-state index contributed by atoms with van der Waals surface area (Å²) < 4.78 is 23.6. The highest BCUT2D eigenvalue weighted by molar-refractivity contribution is 9.10. The number of carbonyl (C=O) groups excluding carboxylic acids is 1. The van der Waals surface area contributed by atoms with Crippen LogP contribution in [0.25, 0.3) is 0 Å². The van der Waals surface area contributed by atoms with Gasteiger partial charge in [0.2, 0.25) is 5.91 Å². The summed E-state index contributed by atoms with van der Waals surface area (Å²) in [5.74, 6) is 0.639. The van der Waals surface area contributed by atoms with Crippen molar-refractivity contribution in [1.29, 1.82) is 0 Å². The molecule has 110 valence electrons. The second-order valence-corrected chi connectivity index (χ2v) is 9.28. The number of rotatable bonds is 4. The fourth-order valence-corrected chi connectivity index (χ4v) is 5.96. The molecule has 1 aliphatic heterocycles. The number of hydrogen-bond acceptors (Lipinski definition) is 4. The second kappa shape index (κ2) is 6.49. The number of halogens is 1. The van der Waals surface area contributed by atoms with Crippen molar-refractivity contribution in [3.05, 3.63) is 28.2 Å². The van der Waals surface area contributed by atoms with Gasteiger partial charge in [-0.2, -0.15) is 0 Å². The van der Waals surface area contributed by atoms with Crippen LogP contribution in [0.3, 0.4) is 0 Å². The summed E-state index contributed by atoms with van der Waals surface area (Å²) in [4.78, 5) is 11.9. The summed E-state index contributed by atoms with van der Waals surface area (Å²) in [5.41, 5.74) is 1.78. The van der Waals surface area contributed by atoms with Crippen molar-refractivity contribution in [3.8, 4) is 0 Å². The number of anilines is 1. The Morgan fingerprint density at radius 2 is 2.25 bits per heavy atom. The van der Waals surface area contributed by atoms with Crippen LogP contribution in [-0.4, -0.2) is 36.8 Å². The molecule has 7 heteroatoms. The Labute approximate surface area is 131 Å². The zero-order valence-corrected chi connectivity index (χ0v) is 14.3. The minimum absolute atomic E-state index is 0.0526. The molecule has 0 bridgehead atoms. The Morgan fingerprint density at radius 3 is 2.85 bits per heavy atom. The molecule has 1 unspecified atom stereocenters. The van der Waals surface area contributed by atoms with Gasteiger partial charge in [-0.15, -0.1) is 11.8 Å². The molecule has 1 heterocycles. The maximum Gasteiger partial charge on any atom is 0.234 e. The van der Waals surface area contributed by atoms with Gasteiger partial charge in [-0.05, 0) is 37.1 Å². The fourth-order valence-electron chi connectivity index (χ4n) is 2.04. The summed E-state index contributed by atoms with van der Waals surface area (Å²) in [6.07, 6.45) is 0.650. The van der Waals surface area contributed by atoms with Gasteiger partial charge in [-0.25, -0.2) is 8.42 Å². The number of aryl methyl sites for hydroxylation is 1. The van der Waals surface area contributed by atoms with E-state index in [2.05, 4.69) is 21.2 Å². The molecule has 0 radical (unpaired) electrons.